The van der Waals surface area contributed by atoms with Gasteiger partial charge in [0.25, 0.3) is 0 Å². The van der Waals surface area contributed by atoms with E-state index in [-0.39, 0.29) is 5.82 Å². The summed E-state index contributed by atoms with van der Waals surface area (Å²) < 4.78 is 15.0. The number of hydrogen-bond donors (Lipinski definition) is 1. The van der Waals surface area contributed by atoms with Crippen LogP contribution in [0.15, 0.2) is 22.8 Å². The molecule has 0 saturated heterocycles. The van der Waals surface area contributed by atoms with Crippen molar-refractivity contribution >= 4 is 21.6 Å². The van der Waals surface area contributed by atoms with Gasteiger partial charge in [0.1, 0.15) is 11.5 Å². The predicted octanol–water partition coefficient (Wildman–Crippen LogP) is 1.97. The molecule has 0 aliphatic rings. The molecule has 0 saturated carbocycles. The lowest BCUT2D eigenvalue weighted by Gasteiger charge is -2.05. The average Bonchev–Trinajstić information content (AvgIpc) is 2.48. The summed E-state index contributed by atoms with van der Waals surface area (Å²) >= 11 is 3.26. The van der Waals surface area contributed by atoms with Gasteiger partial charge in [-0.2, -0.15) is 0 Å². The van der Waals surface area contributed by atoms with Crippen LogP contribution in [-0.4, -0.2) is 15.0 Å². The molecular formula is C9H8BrFN4. The summed E-state index contributed by atoms with van der Waals surface area (Å²) in [7, 11) is 1.75. The maximum Gasteiger partial charge on any atom is 0.156 e. The van der Waals surface area contributed by atoms with Crippen LogP contribution in [-0.2, 0) is 7.05 Å². The summed E-state index contributed by atoms with van der Waals surface area (Å²) in [4.78, 5) is 0. The Kier molecular flexibility index (Phi) is 2.44. The number of nitrogens with two attached hydrogens (primary N) is 1. The van der Waals surface area contributed by atoms with Crippen LogP contribution in [0.5, 0.6) is 0 Å². The molecule has 2 N–H and O–H groups in total. The molecule has 15 heavy (non-hydrogen) atoms. The molecule has 0 bridgehead atoms. The molecule has 0 radical (unpaired) electrons. The normalized spacial score (nSPS) is 10.6. The van der Waals surface area contributed by atoms with Crippen LogP contribution in [0.25, 0.3) is 11.3 Å². The highest BCUT2D eigenvalue weighted by molar-refractivity contribution is 9.10. The summed E-state index contributed by atoms with van der Waals surface area (Å²) in [6.07, 6.45) is 0. The van der Waals surface area contributed by atoms with Crippen molar-refractivity contribution in [2.75, 3.05) is 5.73 Å². The Hall–Kier alpha value is -1.43. The van der Waals surface area contributed by atoms with Gasteiger partial charge in [-0.3, -0.25) is 0 Å². The fourth-order valence-electron chi connectivity index (χ4n) is 1.37. The van der Waals surface area contributed by atoms with E-state index < -0.39 is 0 Å². The van der Waals surface area contributed by atoms with Crippen LogP contribution >= 0.6 is 15.9 Å². The number of nitrogens with zero attached hydrogens (tertiary/aromatic N) is 3. The Morgan fingerprint density at radius 2 is 2.20 bits per heavy atom. The number of nitrogen functional groups attached to an aromatic ring is 1. The molecule has 1 aromatic carbocycles. The van der Waals surface area contributed by atoms with Crippen molar-refractivity contribution in [2.24, 2.45) is 7.05 Å². The van der Waals surface area contributed by atoms with Crippen LogP contribution in [0.3, 0.4) is 0 Å². The number of rotatable bonds is 1. The summed E-state index contributed by atoms with van der Waals surface area (Å²) in [6, 6.07) is 4.23. The van der Waals surface area contributed by atoms with Gasteiger partial charge in [0.15, 0.2) is 4.60 Å². The smallest absolute Gasteiger partial charge is 0.156 e. The summed E-state index contributed by atoms with van der Waals surface area (Å²) in [5, 5.41) is 7.66. The maximum atomic E-state index is 12.9. The standard InChI is InChI=1S/C9H8BrFN4/c1-15-8(9(10)13-14-15)6-3-2-5(11)4-7(6)12/h2-4H,12H2,1H3. The topological polar surface area (TPSA) is 56.7 Å². The first kappa shape index (κ1) is 10.1. The lowest BCUT2D eigenvalue weighted by atomic mass is 10.1. The highest BCUT2D eigenvalue weighted by Crippen LogP contribution is 2.30. The van der Waals surface area contributed by atoms with Crippen molar-refractivity contribution in [3.63, 3.8) is 0 Å². The largest absolute Gasteiger partial charge is 0.398 e. The van der Waals surface area contributed by atoms with Crippen molar-refractivity contribution in [3.8, 4) is 11.3 Å². The van der Waals surface area contributed by atoms with Gasteiger partial charge in [0.2, 0.25) is 0 Å². The summed E-state index contributed by atoms with van der Waals surface area (Å²) in [6.45, 7) is 0. The molecule has 78 valence electrons. The number of benzene rings is 1. The Balaban J connectivity index is 2.64. The highest BCUT2D eigenvalue weighted by atomic mass is 79.9. The second-order valence-electron chi connectivity index (χ2n) is 3.08. The molecular weight excluding hydrogens is 263 g/mol. The molecule has 1 aromatic heterocycles. The first-order valence-electron chi connectivity index (χ1n) is 4.20. The van der Waals surface area contributed by atoms with Crippen molar-refractivity contribution in [1.29, 1.82) is 0 Å². The summed E-state index contributed by atoms with van der Waals surface area (Å²) in [5.74, 6) is -0.359. The van der Waals surface area contributed by atoms with E-state index in [1.54, 1.807) is 17.8 Å². The van der Waals surface area contributed by atoms with E-state index in [0.29, 0.717) is 15.9 Å². The molecule has 0 aliphatic heterocycles. The minimum Gasteiger partial charge on any atom is -0.398 e. The first-order valence-corrected chi connectivity index (χ1v) is 4.99. The lowest BCUT2D eigenvalue weighted by Crippen LogP contribution is -1.98. The monoisotopic (exact) mass is 270 g/mol. The van der Waals surface area contributed by atoms with E-state index in [1.807, 2.05) is 0 Å². The molecule has 2 aromatic rings. The Bertz CT molecular complexity index is 489. The zero-order valence-corrected chi connectivity index (χ0v) is 9.49. The van der Waals surface area contributed by atoms with Crippen LogP contribution in [0.4, 0.5) is 10.1 Å². The van der Waals surface area contributed by atoms with Crippen LogP contribution in [0.2, 0.25) is 0 Å². The third kappa shape index (κ3) is 1.72. The van der Waals surface area contributed by atoms with Gasteiger partial charge in [-0.1, -0.05) is 5.21 Å². The van der Waals surface area contributed by atoms with Gasteiger partial charge >= 0.3 is 0 Å². The molecule has 0 amide bonds. The van der Waals surface area contributed by atoms with Crippen molar-refractivity contribution in [1.82, 2.24) is 15.0 Å². The number of anilines is 1. The van der Waals surface area contributed by atoms with Crippen molar-refractivity contribution < 1.29 is 4.39 Å². The molecule has 4 nitrogen and oxygen atoms in total. The maximum absolute atomic E-state index is 12.9. The molecule has 1 heterocycles. The number of hydrogen-bond acceptors (Lipinski definition) is 3. The average molecular weight is 271 g/mol. The zero-order valence-electron chi connectivity index (χ0n) is 7.91. The third-order valence-electron chi connectivity index (χ3n) is 2.05. The van der Waals surface area contributed by atoms with Gasteiger partial charge in [-0.05, 0) is 34.1 Å². The van der Waals surface area contributed by atoms with Crippen molar-refractivity contribution in [2.45, 2.75) is 0 Å². The van der Waals surface area contributed by atoms with Gasteiger partial charge in [-0.25, -0.2) is 9.07 Å². The fourth-order valence-corrected chi connectivity index (χ4v) is 1.91. The molecule has 0 unspecified atom stereocenters. The van der Waals surface area contributed by atoms with Crippen LogP contribution in [0.1, 0.15) is 0 Å². The van der Waals surface area contributed by atoms with E-state index in [2.05, 4.69) is 26.2 Å². The number of halogens is 2. The molecule has 2 rings (SSSR count). The van der Waals surface area contributed by atoms with Crippen LogP contribution < -0.4 is 5.73 Å². The minimum atomic E-state index is -0.359. The highest BCUT2D eigenvalue weighted by Gasteiger charge is 2.13. The second-order valence-corrected chi connectivity index (χ2v) is 3.84. The SMILES string of the molecule is Cn1nnc(Br)c1-c1ccc(F)cc1N. The third-order valence-corrected chi connectivity index (χ3v) is 2.59. The Morgan fingerprint density at radius 1 is 1.47 bits per heavy atom. The lowest BCUT2D eigenvalue weighted by molar-refractivity contribution is 0.628. The Morgan fingerprint density at radius 3 is 2.73 bits per heavy atom. The molecule has 0 aliphatic carbocycles. The minimum absolute atomic E-state index is 0.359. The van der Waals surface area contributed by atoms with E-state index >= 15 is 0 Å². The molecule has 0 fully saturated rings. The van der Waals surface area contributed by atoms with Gasteiger partial charge in [0.05, 0.1) is 0 Å². The first-order chi connectivity index (χ1) is 7.09. The van der Waals surface area contributed by atoms with Gasteiger partial charge in [-0.15, -0.1) is 5.10 Å². The number of aryl methyl sites for hydroxylation is 1. The van der Waals surface area contributed by atoms with E-state index in [4.69, 9.17) is 5.73 Å². The van der Waals surface area contributed by atoms with E-state index in [1.165, 1.54) is 12.1 Å². The van der Waals surface area contributed by atoms with Gasteiger partial charge < -0.3 is 5.73 Å². The number of aromatic nitrogens is 3. The van der Waals surface area contributed by atoms with Gasteiger partial charge in [0, 0.05) is 18.3 Å². The Labute approximate surface area is 94.0 Å². The van der Waals surface area contributed by atoms with E-state index in [9.17, 15) is 4.39 Å². The predicted molar refractivity (Wildman–Crippen MR) is 58.5 cm³/mol. The zero-order chi connectivity index (χ0) is 11.0. The summed E-state index contributed by atoms with van der Waals surface area (Å²) in [5.41, 5.74) is 7.52. The van der Waals surface area contributed by atoms with E-state index in [0.717, 1.165) is 5.69 Å². The molecule has 0 spiro atoms. The van der Waals surface area contributed by atoms with Crippen LogP contribution in [0, 0.1) is 5.82 Å². The fraction of sp³-hybridized carbons (Fsp3) is 0.111. The quantitative estimate of drug-likeness (QED) is 0.807. The second kappa shape index (κ2) is 3.62. The molecule has 0 atom stereocenters. The van der Waals surface area contributed by atoms with Crippen molar-refractivity contribution in [3.05, 3.63) is 28.6 Å². The molecule has 6 heteroatoms.